The summed E-state index contributed by atoms with van der Waals surface area (Å²) in [5.41, 5.74) is 1.20. The number of hydrogen-bond acceptors (Lipinski definition) is 4. The maximum Gasteiger partial charge on any atom is 0.415 e. The second-order valence-corrected chi connectivity index (χ2v) is 17.4. The van der Waals surface area contributed by atoms with E-state index in [9.17, 15) is 4.79 Å². The van der Waals surface area contributed by atoms with Crippen molar-refractivity contribution >= 4 is 42.4 Å². The number of likely N-dealkylation sites (tertiary alicyclic amines) is 1. The fraction of sp³-hybridized carbons (Fsp3) is 0.640. The van der Waals surface area contributed by atoms with Crippen molar-refractivity contribution in [1.29, 1.82) is 0 Å². The highest BCUT2D eigenvalue weighted by molar-refractivity contribution is 6.76. The first-order valence-electron chi connectivity index (χ1n) is 11.9. The quantitative estimate of drug-likeness (QED) is 0.328. The molecule has 0 aliphatic carbocycles. The number of hydrogen-bond donors (Lipinski definition) is 0. The van der Waals surface area contributed by atoms with E-state index in [4.69, 9.17) is 21.1 Å². The Balaban J connectivity index is 1.93. The van der Waals surface area contributed by atoms with Crippen LogP contribution in [0.2, 0.25) is 30.7 Å². The maximum atomic E-state index is 13.4. The summed E-state index contributed by atoms with van der Waals surface area (Å²) in [5.74, 6) is 0. The maximum absolute atomic E-state index is 13.4. The van der Waals surface area contributed by atoms with Crippen LogP contribution in [-0.2, 0) is 16.2 Å². The van der Waals surface area contributed by atoms with E-state index in [0.717, 1.165) is 55.2 Å². The molecule has 184 valence electrons. The molecule has 2 heterocycles. The molecular formula is C25H40ClN3O3Si. The number of benzene rings is 1. The summed E-state index contributed by atoms with van der Waals surface area (Å²) in [6.45, 7) is 15.9. The van der Waals surface area contributed by atoms with E-state index >= 15 is 0 Å². The number of anilines is 1. The molecule has 0 unspecified atom stereocenters. The molecule has 0 atom stereocenters. The van der Waals surface area contributed by atoms with Gasteiger partial charge in [0.25, 0.3) is 0 Å². The molecule has 0 spiro atoms. The Bertz CT molecular complexity index is 956. The molecule has 1 aliphatic heterocycles. The molecule has 0 saturated carbocycles. The Morgan fingerprint density at radius 2 is 1.88 bits per heavy atom. The van der Waals surface area contributed by atoms with Crippen molar-refractivity contribution in [2.45, 2.75) is 77.7 Å². The molecule has 3 rings (SSSR count). The predicted octanol–water partition coefficient (Wildman–Crippen LogP) is 6.44. The summed E-state index contributed by atoms with van der Waals surface area (Å²) in [6, 6.07) is 7.08. The number of carbonyl (C=O) groups is 1. The average molecular weight is 494 g/mol. The lowest BCUT2D eigenvalue weighted by atomic mass is 10.0. The van der Waals surface area contributed by atoms with Crippen LogP contribution in [0.15, 0.2) is 24.4 Å². The lowest BCUT2D eigenvalue weighted by Gasteiger charge is -2.38. The van der Waals surface area contributed by atoms with Crippen LogP contribution in [0.25, 0.3) is 10.9 Å². The summed E-state index contributed by atoms with van der Waals surface area (Å²) in [7, 11) is 0.980. The van der Waals surface area contributed by atoms with Gasteiger partial charge in [0.05, 0.1) is 11.2 Å². The van der Waals surface area contributed by atoms with E-state index in [2.05, 4.69) is 42.2 Å². The number of ether oxygens (including phenoxy) is 2. The highest BCUT2D eigenvalue weighted by atomic mass is 35.5. The molecule has 0 N–H and O–H groups in total. The summed E-state index contributed by atoms with van der Waals surface area (Å²) >= 11 is 6.58. The third kappa shape index (κ3) is 7.22. The molecule has 1 saturated heterocycles. The molecule has 1 aliphatic rings. The molecule has 8 heteroatoms. The van der Waals surface area contributed by atoms with Gasteiger partial charge in [-0.2, -0.15) is 0 Å². The van der Waals surface area contributed by atoms with E-state index in [0.29, 0.717) is 11.8 Å². The fourth-order valence-corrected chi connectivity index (χ4v) is 5.07. The minimum Gasteiger partial charge on any atom is -0.443 e. The van der Waals surface area contributed by atoms with Crippen molar-refractivity contribution in [2.75, 3.05) is 31.6 Å². The summed E-state index contributed by atoms with van der Waals surface area (Å²) in [4.78, 5) is 17.6. The fourth-order valence-electron chi connectivity index (χ4n) is 4.10. The van der Waals surface area contributed by atoms with Crippen LogP contribution >= 0.6 is 11.6 Å². The molecule has 1 aromatic carbocycles. The van der Waals surface area contributed by atoms with E-state index in [1.165, 1.54) is 0 Å². The van der Waals surface area contributed by atoms with Crippen molar-refractivity contribution in [1.82, 2.24) is 9.47 Å². The minimum absolute atomic E-state index is 0.0639. The van der Waals surface area contributed by atoms with Crippen LogP contribution in [0.3, 0.4) is 0 Å². The van der Waals surface area contributed by atoms with E-state index in [-0.39, 0.29) is 12.1 Å². The largest absolute Gasteiger partial charge is 0.443 e. The van der Waals surface area contributed by atoms with Gasteiger partial charge in [-0.3, -0.25) is 4.90 Å². The van der Waals surface area contributed by atoms with Crippen LogP contribution in [0.1, 0.15) is 33.6 Å². The Morgan fingerprint density at radius 3 is 2.48 bits per heavy atom. The zero-order valence-electron chi connectivity index (χ0n) is 21.3. The van der Waals surface area contributed by atoms with Gasteiger partial charge in [-0.15, -0.1) is 0 Å². The van der Waals surface area contributed by atoms with Crippen molar-refractivity contribution in [2.24, 2.45) is 0 Å². The highest BCUT2D eigenvalue weighted by Crippen LogP contribution is 2.35. The Morgan fingerprint density at radius 1 is 1.21 bits per heavy atom. The molecule has 0 radical (unpaired) electrons. The van der Waals surface area contributed by atoms with Crippen LogP contribution < -0.4 is 4.90 Å². The standard InChI is InChI=1S/C25H40ClN3O3Si/c1-25(2,3)32-24(30)29(20-8-11-27(4)12-9-20)23-17-19(26)16-22-21(23)10-13-28(22)18-31-14-15-33(5,6)7/h10,13,16-17,20H,8-9,11-12,14-15,18H2,1-7H3. The summed E-state index contributed by atoms with van der Waals surface area (Å²) < 4.78 is 13.9. The minimum atomic E-state index is -1.14. The van der Waals surface area contributed by atoms with Gasteiger partial charge in [-0.1, -0.05) is 31.2 Å². The molecule has 1 aromatic heterocycles. The van der Waals surface area contributed by atoms with Crippen LogP contribution in [-0.4, -0.2) is 62.0 Å². The SMILES string of the molecule is CN1CCC(N(C(=O)OC(C)(C)C)c2cc(Cl)cc3c2ccn3COCC[Si](C)(C)C)CC1. The second kappa shape index (κ2) is 10.4. The number of fused-ring (bicyclic) bond motifs is 1. The van der Waals surface area contributed by atoms with Crippen molar-refractivity contribution in [3.05, 3.63) is 29.4 Å². The monoisotopic (exact) mass is 493 g/mol. The predicted molar refractivity (Wildman–Crippen MR) is 140 cm³/mol. The first kappa shape index (κ1) is 26.1. The zero-order valence-corrected chi connectivity index (χ0v) is 23.0. The van der Waals surface area contributed by atoms with Crippen molar-refractivity contribution in [3.63, 3.8) is 0 Å². The topological polar surface area (TPSA) is 46.9 Å². The van der Waals surface area contributed by atoms with Gasteiger partial charge in [-0.25, -0.2) is 4.79 Å². The number of carbonyl (C=O) groups excluding carboxylic acids is 1. The number of halogens is 1. The second-order valence-electron chi connectivity index (χ2n) is 11.4. The molecular weight excluding hydrogens is 454 g/mol. The summed E-state index contributed by atoms with van der Waals surface area (Å²) in [5, 5.41) is 1.58. The van der Waals surface area contributed by atoms with Gasteiger partial charge in [0.15, 0.2) is 0 Å². The number of nitrogens with zero attached hydrogens (tertiary/aromatic N) is 3. The highest BCUT2D eigenvalue weighted by Gasteiger charge is 2.33. The number of piperidine rings is 1. The lowest BCUT2D eigenvalue weighted by Crippen LogP contribution is -2.48. The van der Waals surface area contributed by atoms with Gasteiger partial charge in [0.1, 0.15) is 12.3 Å². The third-order valence-electron chi connectivity index (χ3n) is 5.96. The van der Waals surface area contributed by atoms with E-state index < -0.39 is 13.7 Å². The number of aromatic nitrogens is 1. The molecule has 6 nitrogen and oxygen atoms in total. The Kier molecular flexibility index (Phi) is 8.20. The van der Waals surface area contributed by atoms with Gasteiger partial charge in [0.2, 0.25) is 0 Å². The van der Waals surface area contributed by atoms with Crippen molar-refractivity contribution in [3.8, 4) is 0 Å². The normalized spacial score (nSPS) is 16.4. The summed E-state index contributed by atoms with van der Waals surface area (Å²) in [6.07, 6.45) is 3.48. The molecule has 2 aromatic rings. The first-order chi connectivity index (χ1) is 15.3. The molecule has 1 amide bonds. The number of rotatable bonds is 7. The van der Waals surface area contributed by atoms with E-state index in [1.807, 2.05) is 44.0 Å². The smallest absolute Gasteiger partial charge is 0.415 e. The van der Waals surface area contributed by atoms with Gasteiger partial charge in [-0.05, 0) is 78.0 Å². The van der Waals surface area contributed by atoms with Gasteiger partial charge < -0.3 is 18.9 Å². The third-order valence-corrected chi connectivity index (χ3v) is 7.88. The molecule has 0 bridgehead atoms. The van der Waals surface area contributed by atoms with Gasteiger partial charge in [0, 0.05) is 37.3 Å². The average Bonchev–Trinajstić information content (AvgIpc) is 3.07. The Hall–Kier alpha value is -1.54. The number of amides is 1. The Labute approximate surface area is 204 Å². The zero-order chi connectivity index (χ0) is 24.4. The van der Waals surface area contributed by atoms with Gasteiger partial charge >= 0.3 is 6.09 Å². The van der Waals surface area contributed by atoms with Crippen LogP contribution in [0.4, 0.5) is 10.5 Å². The van der Waals surface area contributed by atoms with Crippen LogP contribution in [0, 0.1) is 0 Å². The van der Waals surface area contributed by atoms with E-state index in [1.54, 1.807) is 0 Å². The van der Waals surface area contributed by atoms with Crippen LogP contribution in [0.5, 0.6) is 0 Å². The molecule has 1 fully saturated rings. The van der Waals surface area contributed by atoms with Crippen molar-refractivity contribution < 1.29 is 14.3 Å². The lowest BCUT2D eigenvalue weighted by molar-refractivity contribution is 0.0552. The molecule has 33 heavy (non-hydrogen) atoms. The first-order valence-corrected chi connectivity index (χ1v) is 16.0.